The van der Waals surface area contributed by atoms with Crippen LogP contribution in [0.1, 0.15) is 21.5 Å². The molecule has 1 aliphatic rings. The summed E-state index contributed by atoms with van der Waals surface area (Å²) in [5, 5.41) is 12.3. The average molecular weight is 522 g/mol. The van der Waals surface area contributed by atoms with Crippen LogP contribution in [0, 0.1) is 18.6 Å². The Kier molecular flexibility index (Phi) is 7.14. The molecule has 0 saturated carbocycles. The fourth-order valence-corrected chi connectivity index (χ4v) is 4.58. The minimum Gasteiger partial charge on any atom is -0.486 e. The molecule has 0 radical (unpaired) electrons. The predicted molar refractivity (Wildman–Crippen MR) is 127 cm³/mol. The summed E-state index contributed by atoms with van der Waals surface area (Å²) in [6, 6.07) is 8.19. The Balaban J connectivity index is 1.69. The van der Waals surface area contributed by atoms with Crippen molar-refractivity contribution in [3.05, 3.63) is 80.8 Å². The van der Waals surface area contributed by atoms with Crippen molar-refractivity contribution in [2.45, 2.75) is 19.4 Å². The lowest BCUT2D eigenvalue weighted by Gasteiger charge is -2.25. The SMILES string of the molecule is Cc1cccc(F)c1C(=O)NC(Cc1ccc(-c2c(Cl)cc(F)cc2Cl)c2c1OCCO2)C(=O)O. The number of fused-ring (bicyclic) bond motifs is 1. The highest BCUT2D eigenvalue weighted by atomic mass is 35.5. The zero-order valence-electron chi connectivity index (χ0n) is 18.3. The minimum atomic E-state index is -1.39. The molecule has 0 spiro atoms. The summed E-state index contributed by atoms with van der Waals surface area (Å²) < 4.78 is 39.5. The van der Waals surface area contributed by atoms with E-state index >= 15 is 0 Å². The number of rotatable bonds is 6. The lowest BCUT2D eigenvalue weighted by molar-refractivity contribution is -0.139. The van der Waals surface area contributed by atoms with Gasteiger partial charge in [0.05, 0.1) is 15.6 Å². The number of aliphatic carboxylic acids is 1. The first kappa shape index (κ1) is 24.8. The number of ether oxygens (including phenoxy) is 2. The number of benzene rings is 3. The van der Waals surface area contributed by atoms with Gasteiger partial charge in [-0.25, -0.2) is 13.6 Å². The highest BCUT2D eigenvalue weighted by Gasteiger charge is 2.29. The number of hydrogen-bond acceptors (Lipinski definition) is 4. The summed E-state index contributed by atoms with van der Waals surface area (Å²) in [5.41, 5.74) is 1.35. The Morgan fingerprint density at radius 3 is 2.34 bits per heavy atom. The van der Waals surface area contributed by atoms with Crippen molar-refractivity contribution in [3.63, 3.8) is 0 Å². The van der Waals surface area contributed by atoms with Gasteiger partial charge in [0.2, 0.25) is 0 Å². The van der Waals surface area contributed by atoms with E-state index in [1.165, 1.54) is 6.07 Å². The van der Waals surface area contributed by atoms with Gasteiger partial charge in [-0.15, -0.1) is 0 Å². The minimum absolute atomic E-state index is 0.0649. The molecule has 10 heteroatoms. The standard InChI is InChI=1S/C25H19Cl2F2NO5/c1-12-3-2-4-18(29)20(12)24(31)30-19(25(32)33)9-13-5-6-15(23-22(13)34-7-8-35-23)21-16(26)10-14(28)11-17(21)27/h2-6,10-11,19H,7-9H2,1H3,(H,30,31)(H,32,33). The van der Waals surface area contributed by atoms with Crippen LogP contribution in [0.15, 0.2) is 42.5 Å². The highest BCUT2D eigenvalue weighted by Crippen LogP contribution is 2.47. The van der Waals surface area contributed by atoms with E-state index in [2.05, 4.69) is 5.32 Å². The topological polar surface area (TPSA) is 84.9 Å². The molecule has 0 saturated heterocycles. The summed E-state index contributed by atoms with van der Waals surface area (Å²) in [5.74, 6) is -2.99. The molecule has 1 amide bonds. The molecule has 1 aliphatic heterocycles. The van der Waals surface area contributed by atoms with Gasteiger partial charge >= 0.3 is 5.97 Å². The second kappa shape index (κ2) is 10.1. The van der Waals surface area contributed by atoms with E-state index in [4.69, 9.17) is 32.7 Å². The van der Waals surface area contributed by atoms with Crippen molar-refractivity contribution in [2.75, 3.05) is 13.2 Å². The predicted octanol–water partition coefficient (Wildman–Crippen LogP) is 5.44. The number of carboxylic acid groups (broad SMARTS) is 1. The van der Waals surface area contributed by atoms with E-state index in [1.54, 1.807) is 25.1 Å². The Bertz CT molecular complexity index is 1290. The van der Waals surface area contributed by atoms with Crippen molar-refractivity contribution in [2.24, 2.45) is 0 Å². The molecule has 0 fully saturated rings. The van der Waals surface area contributed by atoms with Crippen molar-refractivity contribution in [3.8, 4) is 22.6 Å². The van der Waals surface area contributed by atoms with Crippen molar-refractivity contribution in [1.82, 2.24) is 5.32 Å². The van der Waals surface area contributed by atoms with Gasteiger partial charge < -0.3 is 19.9 Å². The number of nitrogens with one attached hydrogen (secondary N) is 1. The molecular weight excluding hydrogens is 503 g/mol. The van der Waals surface area contributed by atoms with E-state index in [9.17, 15) is 23.5 Å². The molecule has 35 heavy (non-hydrogen) atoms. The van der Waals surface area contributed by atoms with Crippen LogP contribution in [0.3, 0.4) is 0 Å². The number of carbonyl (C=O) groups is 2. The van der Waals surface area contributed by atoms with E-state index in [-0.39, 0.29) is 46.7 Å². The molecule has 3 aromatic rings. The van der Waals surface area contributed by atoms with Gasteiger partial charge in [0.15, 0.2) is 11.5 Å². The molecule has 4 rings (SSSR count). The van der Waals surface area contributed by atoms with Crippen molar-refractivity contribution < 1.29 is 33.0 Å². The first-order chi connectivity index (χ1) is 16.7. The highest BCUT2D eigenvalue weighted by molar-refractivity contribution is 6.39. The van der Waals surface area contributed by atoms with Crippen LogP contribution in [0.5, 0.6) is 11.5 Å². The number of amides is 1. The molecular formula is C25H19Cl2F2NO5. The largest absolute Gasteiger partial charge is 0.486 e. The third-order valence-electron chi connectivity index (χ3n) is 5.52. The Morgan fingerprint density at radius 1 is 1.06 bits per heavy atom. The number of aryl methyl sites for hydroxylation is 1. The summed E-state index contributed by atoms with van der Waals surface area (Å²) in [6.07, 6.45) is -0.175. The zero-order chi connectivity index (χ0) is 25.3. The Labute approximate surface area is 209 Å². The third kappa shape index (κ3) is 5.04. The first-order valence-electron chi connectivity index (χ1n) is 10.5. The van der Waals surface area contributed by atoms with Gasteiger partial charge in [-0.05, 0) is 36.8 Å². The van der Waals surface area contributed by atoms with Gasteiger partial charge in [-0.2, -0.15) is 0 Å². The molecule has 6 nitrogen and oxygen atoms in total. The Hall–Kier alpha value is -3.36. The number of carboxylic acids is 1. The maximum Gasteiger partial charge on any atom is 0.326 e. The number of hydrogen-bond donors (Lipinski definition) is 2. The molecule has 1 unspecified atom stereocenters. The van der Waals surface area contributed by atoms with Crippen molar-refractivity contribution in [1.29, 1.82) is 0 Å². The van der Waals surface area contributed by atoms with Crippen LogP contribution in [0.25, 0.3) is 11.1 Å². The van der Waals surface area contributed by atoms with Crippen LogP contribution in [0.4, 0.5) is 8.78 Å². The van der Waals surface area contributed by atoms with Gasteiger partial charge in [-0.1, -0.05) is 41.4 Å². The third-order valence-corrected chi connectivity index (χ3v) is 6.12. The van der Waals surface area contributed by atoms with Crippen LogP contribution in [0.2, 0.25) is 10.0 Å². The van der Waals surface area contributed by atoms with Crippen LogP contribution >= 0.6 is 23.2 Å². The maximum absolute atomic E-state index is 14.2. The lowest BCUT2D eigenvalue weighted by atomic mass is 9.97. The molecule has 3 aromatic carbocycles. The van der Waals surface area contributed by atoms with Gasteiger partial charge in [0.1, 0.15) is 30.9 Å². The zero-order valence-corrected chi connectivity index (χ0v) is 19.8. The van der Waals surface area contributed by atoms with E-state index < -0.39 is 29.6 Å². The van der Waals surface area contributed by atoms with Gasteiger partial charge in [0.25, 0.3) is 5.91 Å². The lowest BCUT2D eigenvalue weighted by Crippen LogP contribution is -2.43. The second-order valence-electron chi connectivity index (χ2n) is 7.87. The molecule has 0 bridgehead atoms. The van der Waals surface area contributed by atoms with E-state index in [1.807, 2.05) is 0 Å². The van der Waals surface area contributed by atoms with Crippen molar-refractivity contribution >= 4 is 35.1 Å². The fourth-order valence-electron chi connectivity index (χ4n) is 3.92. The van der Waals surface area contributed by atoms with Crippen LogP contribution in [-0.4, -0.2) is 36.2 Å². The number of halogens is 4. The normalized spacial score (nSPS) is 13.3. The molecule has 1 heterocycles. The molecule has 1 atom stereocenters. The first-order valence-corrected chi connectivity index (χ1v) is 11.3. The molecule has 0 aromatic heterocycles. The smallest absolute Gasteiger partial charge is 0.326 e. The van der Waals surface area contributed by atoms with Crippen LogP contribution in [-0.2, 0) is 11.2 Å². The molecule has 2 N–H and O–H groups in total. The second-order valence-corrected chi connectivity index (χ2v) is 8.69. The van der Waals surface area contributed by atoms with Crippen LogP contribution < -0.4 is 14.8 Å². The fraction of sp³-hybridized carbons (Fsp3) is 0.200. The van der Waals surface area contributed by atoms with E-state index in [0.717, 1.165) is 18.2 Å². The quantitative estimate of drug-likeness (QED) is 0.450. The average Bonchev–Trinajstić information content (AvgIpc) is 2.79. The summed E-state index contributed by atoms with van der Waals surface area (Å²) in [6.45, 7) is 1.97. The number of carbonyl (C=O) groups excluding carboxylic acids is 1. The Morgan fingerprint density at radius 2 is 1.71 bits per heavy atom. The maximum atomic E-state index is 14.2. The van der Waals surface area contributed by atoms with Gasteiger partial charge in [0, 0.05) is 23.1 Å². The van der Waals surface area contributed by atoms with Gasteiger partial charge in [-0.3, -0.25) is 4.79 Å². The van der Waals surface area contributed by atoms with E-state index in [0.29, 0.717) is 22.3 Å². The summed E-state index contributed by atoms with van der Waals surface area (Å²) in [7, 11) is 0. The molecule has 182 valence electrons. The summed E-state index contributed by atoms with van der Waals surface area (Å²) in [4.78, 5) is 24.7. The monoisotopic (exact) mass is 521 g/mol. The summed E-state index contributed by atoms with van der Waals surface area (Å²) >= 11 is 12.5. The molecule has 0 aliphatic carbocycles.